The van der Waals surface area contributed by atoms with E-state index in [1.165, 1.54) is 57.8 Å². The van der Waals surface area contributed by atoms with E-state index >= 15 is 0 Å². The molecule has 2 saturated carbocycles. The summed E-state index contributed by atoms with van der Waals surface area (Å²) in [6.45, 7) is 0. The highest BCUT2D eigenvalue weighted by atomic mass is 35.5. The van der Waals surface area contributed by atoms with Crippen LogP contribution in [0, 0.1) is 11.8 Å². The summed E-state index contributed by atoms with van der Waals surface area (Å²) in [6.07, 6.45) is 13.4. The van der Waals surface area contributed by atoms with Crippen LogP contribution in [0.2, 0.25) is 0 Å². The molecular weight excluding hydrogens is 258 g/mol. The van der Waals surface area contributed by atoms with Gasteiger partial charge in [-0.3, -0.25) is 4.79 Å². The Bertz CT molecular complexity index is 274. The number of carbonyl (C=O) groups is 1. The predicted octanol–water partition coefficient (Wildman–Crippen LogP) is 4.26. The van der Waals surface area contributed by atoms with Gasteiger partial charge in [-0.2, -0.15) is 0 Å². The molecule has 2 rings (SSSR count). The summed E-state index contributed by atoms with van der Waals surface area (Å²) in [4.78, 5) is 12.2. The lowest BCUT2D eigenvalue weighted by Crippen LogP contribution is -2.43. The standard InChI is InChI=1S/C16H28ClNO/c17-12-14-9-5-6-10-15(14)18-16(19)11-13-7-3-1-2-4-8-13/h13-15H,1-12H2,(H,18,19). The number of hydrogen-bond acceptors (Lipinski definition) is 1. The maximum Gasteiger partial charge on any atom is 0.220 e. The van der Waals surface area contributed by atoms with Gasteiger partial charge in [0.1, 0.15) is 0 Å². The molecule has 0 aromatic carbocycles. The summed E-state index contributed by atoms with van der Waals surface area (Å²) in [6, 6.07) is 0.338. The Hall–Kier alpha value is -0.240. The van der Waals surface area contributed by atoms with Crippen molar-refractivity contribution in [1.82, 2.24) is 5.32 Å². The predicted molar refractivity (Wildman–Crippen MR) is 80.4 cm³/mol. The van der Waals surface area contributed by atoms with Gasteiger partial charge in [0, 0.05) is 18.3 Å². The zero-order valence-corrected chi connectivity index (χ0v) is 12.8. The van der Waals surface area contributed by atoms with Gasteiger partial charge in [0.05, 0.1) is 0 Å². The summed E-state index contributed by atoms with van der Waals surface area (Å²) in [7, 11) is 0. The van der Waals surface area contributed by atoms with Crippen molar-refractivity contribution < 1.29 is 4.79 Å². The van der Waals surface area contributed by atoms with Crippen LogP contribution in [0.4, 0.5) is 0 Å². The monoisotopic (exact) mass is 285 g/mol. The highest BCUT2D eigenvalue weighted by Crippen LogP contribution is 2.27. The van der Waals surface area contributed by atoms with E-state index in [4.69, 9.17) is 11.6 Å². The van der Waals surface area contributed by atoms with Gasteiger partial charge in [-0.25, -0.2) is 0 Å². The van der Waals surface area contributed by atoms with E-state index in [2.05, 4.69) is 5.32 Å². The van der Waals surface area contributed by atoms with E-state index in [0.29, 0.717) is 23.8 Å². The van der Waals surface area contributed by atoms with Crippen molar-refractivity contribution in [1.29, 1.82) is 0 Å². The highest BCUT2D eigenvalue weighted by molar-refractivity contribution is 6.18. The first-order valence-electron chi connectivity index (χ1n) is 8.15. The van der Waals surface area contributed by atoms with Crippen molar-refractivity contribution in [2.75, 3.05) is 5.88 Å². The van der Waals surface area contributed by atoms with Crippen LogP contribution in [0.15, 0.2) is 0 Å². The Kier molecular flexibility index (Phi) is 6.49. The lowest BCUT2D eigenvalue weighted by Gasteiger charge is -2.31. The van der Waals surface area contributed by atoms with E-state index in [-0.39, 0.29) is 5.91 Å². The highest BCUT2D eigenvalue weighted by Gasteiger charge is 2.26. The maximum absolute atomic E-state index is 12.2. The Morgan fingerprint density at radius 2 is 1.58 bits per heavy atom. The van der Waals surface area contributed by atoms with Crippen molar-refractivity contribution in [3.05, 3.63) is 0 Å². The van der Waals surface area contributed by atoms with Crippen LogP contribution >= 0.6 is 11.6 Å². The summed E-state index contributed by atoms with van der Waals surface area (Å²) >= 11 is 6.02. The molecule has 1 amide bonds. The summed E-state index contributed by atoms with van der Waals surface area (Å²) in [5.74, 6) is 2.08. The number of alkyl halides is 1. The van der Waals surface area contributed by atoms with Gasteiger partial charge < -0.3 is 5.32 Å². The van der Waals surface area contributed by atoms with Crippen molar-refractivity contribution in [3.8, 4) is 0 Å². The Labute approximate surface area is 122 Å². The van der Waals surface area contributed by atoms with E-state index < -0.39 is 0 Å². The van der Waals surface area contributed by atoms with Crippen LogP contribution in [0.5, 0.6) is 0 Å². The molecule has 2 fully saturated rings. The lowest BCUT2D eigenvalue weighted by molar-refractivity contribution is -0.123. The van der Waals surface area contributed by atoms with Crippen LogP contribution in [0.1, 0.15) is 70.6 Å². The molecule has 0 bridgehead atoms. The molecule has 3 heteroatoms. The average molecular weight is 286 g/mol. The molecule has 0 aliphatic heterocycles. The van der Waals surface area contributed by atoms with Crippen LogP contribution in [0.3, 0.4) is 0 Å². The van der Waals surface area contributed by atoms with Gasteiger partial charge in [0.25, 0.3) is 0 Å². The summed E-state index contributed by atoms with van der Waals surface area (Å²) in [5.41, 5.74) is 0. The van der Waals surface area contributed by atoms with Crippen molar-refractivity contribution in [2.45, 2.75) is 76.7 Å². The van der Waals surface area contributed by atoms with Crippen molar-refractivity contribution in [3.63, 3.8) is 0 Å². The molecule has 0 spiro atoms. The van der Waals surface area contributed by atoms with E-state index in [1.54, 1.807) is 0 Å². The third-order valence-electron chi connectivity index (χ3n) is 4.90. The normalized spacial score (nSPS) is 29.7. The van der Waals surface area contributed by atoms with Gasteiger partial charge in [-0.05, 0) is 37.5 Å². The van der Waals surface area contributed by atoms with E-state index in [1.807, 2.05) is 0 Å². The van der Waals surface area contributed by atoms with Gasteiger partial charge in [-0.15, -0.1) is 11.6 Å². The summed E-state index contributed by atoms with van der Waals surface area (Å²) in [5, 5.41) is 3.26. The third-order valence-corrected chi connectivity index (χ3v) is 5.30. The fourth-order valence-corrected chi connectivity index (χ4v) is 4.05. The number of rotatable bonds is 4. The molecule has 0 aromatic rings. The zero-order chi connectivity index (χ0) is 13.5. The van der Waals surface area contributed by atoms with E-state index in [0.717, 1.165) is 12.8 Å². The number of nitrogens with one attached hydrogen (secondary N) is 1. The van der Waals surface area contributed by atoms with Gasteiger partial charge in [0.15, 0.2) is 0 Å². The molecule has 1 N–H and O–H groups in total. The molecule has 2 atom stereocenters. The molecule has 2 nitrogen and oxygen atoms in total. The number of hydrogen-bond donors (Lipinski definition) is 1. The Morgan fingerprint density at radius 1 is 0.947 bits per heavy atom. The molecule has 0 saturated heterocycles. The quantitative estimate of drug-likeness (QED) is 0.607. The second-order valence-corrected chi connectivity index (χ2v) is 6.74. The maximum atomic E-state index is 12.2. The molecule has 0 heterocycles. The number of halogens is 1. The second-order valence-electron chi connectivity index (χ2n) is 6.43. The molecule has 19 heavy (non-hydrogen) atoms. The zero-order valence-electron chi connectivity index (χ0n) is 12.0. The van der Waals surface area contributed by atoms with Crippen LogP contribution in [0.25, 0.3) is 0 Å². The first-order valence-corrected chi connectivity index (χ1v) is 8.68. The lowest BCUT2D eigenvalue weighted by atomic mass is 9.85. The van der Waals surface area contributed by atoms with Crippen LogP contribution in [-0.2, 0) is 4.79 Å². The smallest absolute Gasteiger partial charge is 0.220 e. The number of carbonyl (C=O) groups excluding carboxylic acids is 1. The minimum absolute atomic E-state index is 0.272. The molecule has 0 aromatic heterocycles. The molecule has 2 aliphatic carbocycles. The van der Waals surface area contributed by atoms with Gasteiger partial charge >= 0.3 is 0 Å². The molecule has 2 unspecified atom stereocenters. The summed E-state index contributed by atoms with van der Waals surface area (Å²) < 4.78 is 0. The van der Waals surface area contributed by atoms with Crippen molar-refractivity contribution in [2.24, 2.45) is 11.8 Å². The molecular formula is C16H28ClNO. The fraction of sp³-hybridized carbons (Fsp3) is 0.938. The fourth-order valence-electron chi connectivity index (χ4n) is 3.68. The third kappa shape index (κ3) is 4.98. The second kappa shape index (κ2) is 8.14. The minimum atomic E-state index is 0.272. The minimum Gasteiger partial charge on any atom is -0.353 e. The van der Waals surface area contributed by atoms with Crippen LogP contribution < -0.4 is 5.32 Å². The van der Waals surface area contributed by atoms with Gasteiger partial charge in [-0.1, -0.05) is 38.5 Å². The SMILES string of the molecule is O=C(CC1CCCCCC1)NC1CCCCC1CCl. The van der Waals surface area contributed by atoms with E-state index in [9.17, 15) is 4.79 Å². The number of amides is 1. The topological polar surface area (TPSA) is 29.1 Å². The largest absolute Gasteiger partial charge is 0.353 e. The Morgan fingerprint density at radius 3 is 2.26 bits per heavy atom. The van der Waals surface area contributed by atoms with Crippen LogP contribution in [-0.4, -0.2) is 17.8 Å². The molecule has 110 valence electrons. The van der Waals surface area contributed by atoms with Gasteiger partial charge in [0.2, 0.25) is 5.91 Å². The first-order chi connectivity index (χ1) is 9.29. The Balaban J connectivity index is 1.75. The molecule has 0 radical (unpaired) electrons. The molecule has 2 aliphatic rings. The average Bonchev–Trinajstić information content (AvgIpc) is 2.68. The van der Waals surface area contributed by atoms with Crippen molar-refractivity contribution >= 4 is 17.5 Å². The first kappa shape index (κ1) is 15.2.